The van der Waals surface area contributed by atoms with Crippen molar-refractivity contribution in [1.29, 1.82) is 0 Å². The number of amides is 1. The number of hydrogen-bond donors (Lipinski definition) is 1. The lowest BCUT2D eigenvalue weighted by Gasteiger charge is -2.10. The van der Waals surface area contributed by atoms with E-state index in [0.717, 1.165) is 28.1 Å². The molecule has 2 aromatic heterocycles. The second-order valence-corrected chi connectivity index (χ2v) is 8.85. The van der Waals surface area contributed by atoms with Crippen LogP contribution >= 0.6 is 23.4 Å². The summed E-state index contributed by atoms with van der Waals surface area (Å²) in [5.74, 6) is 1.27. The van der Waals surface area contributed by atoms with Gasteiger partial charge in [0.1, 0.15) is 5.76 Å². The molecule has 0 aliphatic rings. The van der Waals surface area contributed by atoms with Gasteiger partial charge in [0.25, 0.3) is 5.91 Å². The fourth-order valence-electron chi connectivity index (χ4n) is 3.08. The number of hydrazone groups is 1. The van der Waals surface area contributed by atoms with Gasteiger partial charge in [-0.25, -0.2) is 5.43 Å². The van der Waals surface area contributed by atoms with Crippen molar-refractivity contribution in [3.8, 4) is 17.1 Å². The summed E-state index contributed by atoms with van der Waals surface area (Å²) in [7, 11) is 0. The molecule has 0 unspecified atom stereocenters. The van der Waals surface area contributed by atoms with Crippen molar-refractivity contribution < 1.29 is 9.21 Å². The van der Waals surface area contributed by atoms with E-state index in [0.29, 0.717) is 16.0 Å². The number of allylic oxidation sites excluding steroid dienone is 1. The maximum Gasteiger partial charge on any atom is 0.250 e. The number of aryl methyl sites for hydroxylation is 1. The number of aromatic nitrogens is 3. The predicted octanol–water partition coefficient (Wildman–Crippen LogP) is 5.79. The van der Waals surface area contributed by atoms with Crippen LogP contribution in [0.1, 0.15) is 18.2 Å². The molecule has 0 saturated heterocycles. The van der Waals surface area contributed by atoms with E-state index in [-0.39, 0.29) is 11.7 Å². The minimum Gasteiger partial charge on any atom is -0.465 e. The molecule has 0 radical (unpaired) electrons. The van der Waals surface area contributed by atoms with Gasteiger partial charge in [0.2, 0.25) is 0 Å². The van der Waals surface area contributed by atoms with Gasteiger partial charge < -0.3 is 4.42 Å². The van der Waals surface area contributed by atoms with Crippen LogP contribution in [0.15, 0.2) is 87.2 Å². The van der Waals surface area contributed by atoms with Gasteiger partial charge in [-0.15, -0.1) is 10.2 Å². The molecule has 2 heterocycles. The van der Waals surface area contributed by atoms with E-state index >= 15 is 0 Å². The number of halogens is 1. The molecule has 0 bridgehead atoms. The Labute approximate surface area is 206 Å². The fourth-order valence-corrected chi connectivity index (χ4v) is 3.95. The number of benzene rings is 2. The van der Waals surface area contributed by atoms with Crippen LogP contribution < -0.4 is 5.43 Å². The predicted molar refractivity (Wildman–Crippen MR) is 136 cm³/mol. The summed E-state index contributed by atoms with van der Waals surface area (Å²) in [6.07, 6.45) is 4.99. The van der Waals surface area contributed by atoms with Gasteiger partial charge in [-0.3, -0.25) is 9.36 Å². The van der Waals surface area contributed by atoms with Crippen molar-refractivity contribution in [3.05, 3.63) is 88.8 Å². The molecule has 1 N–H and O–H groups in total. The number of nitrogens with zero attached hydrogens (tertiary/aromatic N) is 4. The topological polar surface area (TPSA) is 85.3 Å². The molecule has 0 aliphatic heterocycles. The molecule has 0 fully saturated rings. The van der Waals surface area contributed by atoms with Gasteiger partial charge in [0, 0.05) is 16.3 Å². The van der Waals surface area contributed by atoms with Crippen LogP contribution in [0, 0.1) is 6.92 Å². The lowest BCUT2D eigenvalue weighted by molar-refractivity contribution is -0.118. The van der Waals surface area contributed by atoms with Gasteiger partial charge in [0.15, 0.2) is 11.0 Å². The molecule has 0 atom stereocenters. The van der Waals surface area contributed by atoms with E-state index in [9.17, 15) is 4.79 Å². The highest BCUT2D eigenvalue weighted by Crippen LogP contribution is 2.28. The van der Waals surface area contributed by atoms with E-state index in [2.05, 4.69) is 20.7 Å². The number of carbonyl (C=O) groups excluding carboxylic acids is 1. The molecule has 7 nitrogen and oxygen atoms in total. The zero-order chi connectivity index (χ0) is 23.9. The lowest BCUT2D eigenvalue weighted by Crippen LogP contribution is -2.20. The summed E-state index contributed by atoms with van der Waals surface area (Å²) >= 11 is 7.35. The van der Waals surface area contributed by atoms with Crippen molar-refractivity contribution in [1.82, 2.24) is 20.2 Å². The number of thioether (sulfide) groups is 1. The molecular formula is C25H22ClN5O2S. The summed E-state index contributed by atoms with van der Waals surface area (Å²) in [6, 6.07) is 19.1. The van der Waals surface area contributed by atoms with E-state index in [4.69, 9.17) is 16.0 Å². The number of furan rings is 1. The molecule has 172 valence electrons. The Bertz CT molecular complexity index is 1310. The zero-order valence-corrected chi connectivity index (χ0v) is 20.2. The average molecular weight is 492 g/mol. The summed E-state index contributed by atoms with van der Waals surface area (Å²) in [6.45, 7) is 3.90. The molecule has 1 amide bonds. The minimum atomic E-state index is -0.255. The average Bonchev–Trinajstić information content (AvgIpc) is 3.49. The van der Waals surface area contributed by atoms with Gasteiger partial charge in [-0.1, -0.05) is 53.2 Å². The highest BCUT2D eigenvalue weighted by atomic mass is 35.5. The van der Waals surface area contributed by atoms with Crippen molar-refractivity contribution in [2.75, 3.05) is 5.75 Å². The summed E-state index contributed by atoms with van der Waals surface area (Å²) < 4.78 is 7.18. The monoisotopic (exact) mass is 491 g/mol. The smallest absolute Gasteiger partial charge is 0.250 e. The molecule has 2 aromatic carbocycles. The van der Waals surface area contributed by atoms with E-state index in [1.54, 1.807) is 12.5 Å². The molecule has 0 spiro atoms. The van der Waals surface area contributed by atoms with Crippen molar-refractivity contribution >= 4 is 41.6 Å². The van der Waals surface area contributed by atoms with E-state index < -0.39 is 0 Å². The third-order valence-electron chi connectivity index (χ3n) is 4.73. The highest BCUT2D eigenvalue weighted by Gasteiger charge is 2.17. The maximum atomic E-state index is 12.4. The Morgan fingerprint density at radius 1 is 1.15 bits per heavy atom. The van der Waals surface area contributed by atoms with Crippen LogP contribution in [0.3, 0.4) is 0 Å². The SMILES string of the molecule is CC(C=NNC(=O)CSc1nnc(-c2ccc(C)cc2)n1-c1ccc(Cl)cc1)=Cc1ccco1. The molecule has 4 aromatic rings. The highest BCUT2D eigenvalue weighted by molar-refractivity contribution is 7.99. The van der Waals surface area contributed by atoms with Crippen LogP contribution in [0.25, 0.3) is 23.2 Å². The molecule has 9 heteroatoms. The molecular weight excluding hydrogens is 470 g/mol. The standard InChI is InChI=1S/C25H22ClN5O2S/c1-17-5-7-19(8-6-17)24-29-30-25(31(24)21-11-9-20(26)10-12-21)34-16-23(32)28-27-15-18(2)14-22-4-3-13-33-22/h3-15H,16H2,1-2H3,(H,28,32). The van der Waals surface area contributed by atoms with Gasteiger partial charge in [-0.05, 0) is 61.9 Å². The number of rotatable bonds is 8. The molecule has 34 heavy (non-hydrogen) atoms. The van der Waals surface area contributed by atoms with Crippen LogP contribution in [-0.4, -0.2) is 32.6 Å². The molecule has 0 saturated carbocycles. The molecule has 4 rings (SSSR count). The van der Waals surface area contributed by atoms with E-state index in [1.165, 1.54) is 11.8 Å². The van der Waals surface area contributed by atoms with Gasteiger partial charge >= 0.3 is 0 Å². The van der Waals surface area contributed by atoms with Crippen molar-refractivity contribution in [3.63, 3.8) is 0 Å². The quantitative estimate of drug-likeness (QED) is 0.191. The second-order valence-electron chi connectivity index (χ2n) is 7.47. The van der Waals surface area contributed by atoms with E-state index in [1.807, 2.05) is 85.2 Å². The van der Waals surface area contributed by atoms with Crippen LogP contribution in [-0.2, 0) is 4.79 Å². The second kappa shape index (κ2) is 11.0. The third-order valence-corrected chi connectivity index (χ3v) is 5.91. The summed E-state index contributed by atoms with van der Waals surface area (Å²) in [5, 5.41) is 14.0. The first-order valence-corrected chi connectivity index (χ1v) is 11.8. The first-order valence-electron chi connectivity index (χ1n) is 10.4. The fraction of sp³-hybridized carbons (Fsp3) is 0.120. The zero-order valence-electron chi connectivity index (χ0n) is 18.6. The maximum absolute atomic E-state index is 12.4. The van der Waals surface area contributed by atoms with Crippen LogP contribution in [0.4, 0.5) is 0 Å². The number of carbonyl (C=O) groups is 1. The van der Waals surface area contributed by atoms with Gasteiger partial charge in [0.05, 0.1) is 18.2 Å². The third kappa shape index (κ3) is 6.03. The summed E-state index contributed by atoms with van der Waals surface area (Å²) in [4.78, 5) is 12.4. The van der Waals surface area contributed by atoms with Crippen molar-refractivity contribution in [2.45, 2.75) is 19.0 Å². The Hall–Kier alpha value is -3.62. The van der Waals surface area contributed by atoms with Crippen LogP contribution in [0.5, 0.6) is 0 Å². The molecule has 0 aliphatic carbocycles. The van der Waals surface area contributed by atoms with Gasteiger partial charge in [-0.2, -0.15) is 5.10 Å². The number of hydrogen-bond acceptors (Lipinski definition) is 6. The first kappa shape index (κ1) is 23.5. The first-order chi connectivity index (χ1) is 16.5. The largest absolute Gasteiger partial charge is 0.465 e. The lowest BCUT2D eigenvalue weighted by atomic mass is 10.1. The Morgan fingerprint density at radius 3 is 2.62 bits per heavy atom. The number of nitrogens with one attached hydrogen (secondary N) is 1. The Balaban J connectivity index is 1.48. The summed E-state index contributed by atoms with van der Waals surface area (Å²) in [5.41, 5.74) is 6.31. The van der Waals surface area contributed by atoms with Crippen molar-refractivity contribution in [2.24, 2.45) is 5.10 Å². The minimum absolute atomic E-state index is 0.123. The normalized spacial score (nSPS) is 11.8. The Kier molecular flexibility index (Phi) is 7.61. The Morgan fingerprint density at radius 2 is 1.91 bits per heavy atom. The van der Waals surface area contributed by atoms with Crippen LogP contribution in [0.2, 0.25) is 5.02 Å².